The van der Waals surface area contributed by atoms with E-state index in [0.29, 0.717) is 24.9 Å². The second-order valence-corrected chi connectivity index (χ2v) is 4.94. The van der Waals surface area contributed by atoms with Crippen molar-refractivity contribution in [1.29, 1.82) is 0 Å². The van der Waals surface area contributed by atoms with Gasteiger partial charge in [0.1, 0.15) is 5.54 Å². The molecule has 1 aromatic carbocycles. The van der Waals surface area contributed by atoms with E-state index in [1.807, 2.05) is 18.2 Å². The van der Waals surface area contributed by atoms with Crippen LogP contribution in [0, 0.1) is 0 Å². The molecule has 106 valence electrons. The second kappa shape index (κ2) is 5.90. The number of esters is 1. The van der Waals surface area contributed by atoms with Crippen LogP contribution >= 0.6 is 0 Å². The number of rotatable bonds is 4. The van der Waals surface area contributed by atoms with E-state index in [0.717, 1.165) is 6.42 Å². The molecule has 4 nitrogen and oxygen atoms in total. The highest BCUT2D eigenvalue weighted by Gasteiger charge is 2.49. The lowest BCUT2D eigenvalue weighted by Crippen LogP contribution is -2.53. The molecule has 0 radical (unpaired) electrons. The van der Waals surface area contributed by atoms with Crippen LogP contribution in [0.1, 0.15) is 29.6 Å². The van der Waals surface area contributed by atoms with Gasteiger partial charge in [-0.05, 0) is 31.4 Å². The number of benzene rings is 1. The molecule has 1 aromatic rings. The van der Waals surface area contributed by atoms with Gasteiger partial charge in [0.15, 0.2) is 0 Å². The molecule has 0 aromatic heterocycles. The van der Waals surface area contributed by atoms with Gasteiger partial charge >= 0.3 is 5.97 Å². The van der Waals surface area contributed by atoms with Crippen molar-refractivity contribution in [2.75, 3.05) is 13.7 Å². The molecule has 1 unspecified atom stereocenters. The van der Waals surface area contributed by atoms with Crippen LogP contribution in [0.3, 0.4) is 0 Å². The molecule has 0 saturated carbocycles. The van der Waals surface area contributed by atoms with E-state index in [9.17, 15) is 9.59 Å². The van der Waals surface area contributed by atoms with E-state index in [2.05, 4.69) is 6.58 Å². The zero-order chi connectivity index (χ0) is 14.6. The zero-order valence-corrected chi connectivity index (χ0v) is 11.7. The number of ether oxygens (including phenoxy) is 1. The van der Waals surface area contributed by atoms with Crippen molar-refractivity contribution >= 4 is 11.9 Å². The van der Waals surface area contributed by atoms with Crippen LogP contribution in [0.2, 0.25) is 0 Å². The largest absolute Gasteiger partial charge is 0.467 e. The standard InChI is InChI=1S/C16H19NO3/c1-3-10-16(15(19)20-2)11-7-12-17(16)14(18)13-8-5-4-6-9-13/h3-6,8-9H,1,7,10-12H2,2H3. The van der Waals surface area contributed by atoms with Gasteiger partial charge in [-0.25, -0.2) is 4.79 Å². The van der Waals surface area contributed by atoms with Gasteiger partial charge in [-0.1, -0.05) is 24.3 Å². The maximum atomic E-state index is 12.6. The predicted octanol–water partition coefficient (Wildman–Crippen LogP) is 2.41. The van der Waals surface area contributed by atoms with Crippen LogP contribution in [-0.4, -0.2) is 36.0 Å². The number of methoxy groups -OCH3 is 1. The molecule has 1 atom stereocenters. The molecule has 20 heavy (non-hydrogen) atoms. The minimum absolute atomic E-state index is 0.129. The van der Waals surface area contributed by atoms with Crippen LogP contribution in [-0.2, 0) is 9.53 Å². The monoisotopic (exact) mass is 273 g/mol. The Morgan fingerprint density at radius 2 is 2.10 bits per heavy atom. The number of amides is 1. The number of carbonyl (C=O) groups is 2. The minimum Gasteiger partial charge on any atom is -0.467 e. The van der Waals surface area contributed by atoms with Crippen LogP contribution in [0.15, 0.2) is 43.0 Å². The third-order valence-electron chi connectivity index (χ3n) is 3.80. The number of likely N-dealkylation sites (tertiary alicyclic amines) is 1. The summed E-state index contributed by atoms with van der Waals surface area (Å²) in [5.74, 6) is -0.491. The summed E-state index contributed by atoms with van der Waals surface area (Å²) in [6.45, 7) is 4.27. The first-order chi connectivity index (χ1) is 9.65. The minimum atomic E-state index is -0.899. The molecule has 0 aliphatic carbocycles. The van der Waals surface area contributed by atoms with E-state index >= 15 is 0 Å². The average Bonchev–Trinajstić information content (AvgIpc) is 2.91. The number of hydrogen-bond donors (Lipinski definition) is 0. The van der Waals surface area contributed by atoms with Crippen molar-refractivity contribution in [3.63, 3.8) is 0 Å². The second-order valence-electron chi connectivity index (χ2n) is 4.94. The molecule has 1 aliphatic heterocycles. The summed E-state index contributed by atoms with van der Waals surface area (Å²) in [5.41, 5.74) is -0.310. The van der Waals surface area contributed by atoms with Crippen molar-refractivity contribution in [3.05, 3.63) is 48.6 Å². The number of hydrogen-bond acceptors (Lipinski definition) is 3. The quantitative estimate of drug-likeness (QED) is 0.625. The third-order valence-corrected chi connectivity index (χ3v) is 3.80. The molecule has 0 spiro atoms. The Labute approximate surface area is 119 Å². The lowest BCUT2D eigenvalue weighted by molar-refractivity contribution is -0.152. The Morgan fingerprint density at radius 1 is 1.40 bits per heavy atom. The molecule has 1 aliphatic rings. The first kappa shape index (κ1) is 14.3. The van der Waals surface area contributed by atoms with Gasteiger partial charge in [0.25, 0.3) is 5.91 Å². The van der Waals surface area contributed by atoms with E-state index in [-0.39, 0.29) is 11.9 Å². The van der Waals surface area contributed by atoms with Crippen LogP contribution < -0.4 is 0 Å². The topological polar surface area (TPSA) is 46.6 Å². The highest BCUT2D eigenvalue weighted by molar-refractivity contribution is 5.98. The van der Waals surface area contributed by atoms with Crippen molar-refractivity contribution in [1.82, 2.24) is 4.90 Å². The van der Waals surface area contributed by atoms with Crippen molar-refractivity contribution in [2.45, 2.75) is 24.8 Å². The van der Waals surface area contributed by atoms with E-state index < -0.39 is 5.54 Å². The van der Waals surface area contributed by atoms with Crippen molar-refractivity contribution in [2.24, 2.45) is 0 Å². The van der Waals surface area contributed by atoms with Gasteiger partial charge in [-0.3, -0.25) is 4.79 Å². The fraction of sp³-hybridized carbons (Fsp3) is 0.375. The molecular weight excluding hydrogens is 254 g/mol. The fourth-order valence-electron chi connectivity index (χ4n) is 2.85. The van der Waals surface area contributed by atoms with Crippen LogP contribution in [0.25, 0.3) is 0 Å². The predicted molar refractivity (Wildman–Crippen MR) is 76.3 cm³/mol. The van der Waals surface area contributed by atoms with Crippen molar-refractivity contribution in [3.8, 4) is 0 Å². The molecule has 1 saturated heterocycles. The van der Waals surface area contributed by atoms with Gasteiger partial charge in [0.2, 0.25) is 0 Å². The summed E-state index contributed by atoms with van der Waals surface area (Å²) >= 11 is 0. The zero-order valence-electron chi connectivity index (χ0n) is 11.7. The van der Waals surface area contributed by atoms with Gasteiger partial charge in [-0.2, -0.15) is 0 Å². The molecule has 4 heteroatoms. The Balaban J connectivity index is 2.36. The van der Waals surface area contributed by atoms with Crippen molar-refractivity contribution < 1.29 is 14.3 Å². The van der Waals surface area contributed by atoms with Gasteiger partial charge < -0.3 is 9.64 Å². The first-order valence-electron chi connectivity index (χ1n) is 6.72. The Bertz CT molecular complexity index is 512. The smallest absolute Gasteiger partial charge is 0.332 e. The average molecular weight is 273 g/mol. The van der Waals surface area contributed by atoms with Gasteiger partial charge in [0, 0.05) is 12.1 Å². The lowest BCUT2D eigenvalue weighted by atomic mass is 9.91. The molecule has 1 heterocycles. The highest BCUT2D eigenvalue weighted by Crippen LogP contribution is 2.35. The SMILES string of the molecule is C=CCC1(C(=O)OC)CCCN1C(=O)c1ccccc1. The lowest BCUT2D eigenvalue weighted by Gasteiger charge is -2.35. The van der Waals surface area contributed by atoms with Gasteiger partial charge in [-0.15, -0.1) is 6.58 Å². The van der Waals surface area contributed by atoms with Crippen LogP contribution in [0.4, 0.5) is 0 Å². The summed E-state index contributed by atoms with van der Waals surface area (Å²) < 4.78 is 4.93. The molecule has 0 N–H and O–H groups in total. The van der Waals surface area contributed by atoms with E-state index in [1.54, 1.807) is 23.1 Å². The Hall–Kier alpha value is -2.10. The maximum Gasteiger partial charge on any atom is 0.332 e. The summed E-state index contributed by atoms with van der Waals surface area (Å²) in [4.78, 5) is 26.5. The normalized spacial score (nSPS) is 21.6. The van der Waals surface area contributed by atoms with Gasteiger partial charge in [0.05, 0.1) is 7.11 Å². The van der Waals surface area contributed by atoms with E-state index in [4.69, 9.17) is 4.74 Å². The summed E-state index contributed by atoms with van der Waals surface area (Å²) in [7, 11) is 1.36. The van der Waals surface area contributed by atoms with E-state index in [1.165, 1.54) is 7.11 Å². The highest BCUT2D eigenvalue weighted by atomic mass is 16.5. The maximum absolute atomic E-state index is 12.6. The summed E-state index contributed by atoms with van der Waals surface area (Å²) in [5, 5.41) is 0. The Morgan fingerprint density at radius 3 is 2.70 bits per heavy atom. The number of carbonyl (C=O) groups excluding carboxylic acids is 2. The third kappa shape index (κ3) is 2.33. The van der Waals surface area contributed by atoms with Crippen LogP contribution in [0.5, 0.6) is 0 Å². The Kier molecular flexibility index (Phi) is 4.23. The summed E-state index contributed by atoms with van der Waals surface area (Å²) in [6.07, 6.45) is 3.50. The molecule has 1 amide bonds. The first-order valence-corrected chi connectivity index (χ1v) is 6.72. The molecule has 1 fully saturated rings. The molecule has 0 bridgehead atoms. The summed E-state index contributed by atoms with van der Waals surface area (Å²) in [6, 6.07) is 9.01. The molecular formula is C16H19NO3. The molecule has 2 rings (SSSR count). The fourth-order valence-corrected chi connectivity index (χ4v) is 2.85. The number of nitrogens with zero attached hydrogens (tertiary/aromatic N) is 1.